The second-order valence-corrected chi connectivity index (χ2v) is 4.68. The first-order valence-corrected chi connectivity index (χ1v) is 6.45. The van der Waals surface area contributed by atoms with Crippen molar-refractivity contribution in [3.63, 3.8) is 0 Å². The van der Waals surface area contributed by atoms with E-state index in [1.54, 1.807) is 12.4 Å². The standard InChI is InChI=1S/C14H20N4O/c1-11(2)19-14-12(5-4-7-16-14)9-15-10-13-6-8-17-18(13)3/h4-8,11,15H,9-10H2,1-3H3. The van der Waals surface area contributed by atoms with Crippen LogP contribution in [0.3, 0.4) is 0 Å². The molecule has 0 amide bonds. The minimum absolute atomic E-state index is 0.130. The summed E-state index contributed by atoms with van der Waals surface area (Å²) in [5.74, 6) is 0.704. The average molecular weight is 260 g/mol. The molecule has 0 fully saturated rings. The smallest absolute Gasteiger partial charge is 0.218 e. The summed E-state index contributed by atoms with van der Waals surface area (Å²) in [5.41, 5.74) is 2.22. The van der Waals surface area contributed by atoms with Crippen LogP contribution in [0.15, 0.2) is 30.6 Å². The first-order chi connectivity index (χ1) is 9.16. The number of pyridine rings is 1. The van der Waals surface area contributed by atoms with Gasteiger partial charge in [0.25, 0.3) is 0 Å². The molecule has 0 aliphatic heterocycles. The third kappa shape index (κ3) is 3.79. The number of aryl methyl sites for hydroxylation is 1. The Balaban J connectivity index is 1.94. The van der Waals surface area contributed by atoms with E-state index in [4.69, 9.17) is 4.74 Å². The largest absolute Gasteiger partial charge is 0.475 e. The molecular weight excluding hydrogens is 240 g/mol. The van der Waals surface area contributed by atoms with Crippen molar-refractivity contribution in [2.45, 2.75) is 33.0 Å². The summed E-state index contributed by atoms with van der Waals surface area (Å²) in [5, 5.41) is 7.52. The summed E-state index contributed by atoms with van der Waals surface area (Å²) < 4.78 is 7.55. The molecule has 0 saturated carbocycles. The van der Waals surface area contributed by atoms with Gasteiger partial charge < -0.3 is 10.1 Å². The van der Waals surface area contributed by atoms with Gasteiger partial charge in [-0.15, -0.1) is 0 Å². The summed E-state index contributed by atoms with van der Waals surface area (Å²) in [4.78, 5) is 4.27. The molecule has 0 saturated heterocycles. The van der Waals surface area contributed by atoms with Crippen LogP contribution in [0.25, 0.3) is 0 Å². The molecular formula is C14H20N4O. The molecule has 2 aromatic rings. The molecule has 0 spiro atoms. The Morgan fingerprint density at radius 3 is 2.79 bits per heavy atom. The van der Waals surface area contributed by atoms with Crippen molar-refractivity contribution in [1.29, 1.82) is 0 Å². The Morgan fingerprint density at radius 1 is 1.26 bits per heavy atom. The number of ether oxygens (including phenoxy) is 1. The van der Waals surface area contributed by atoms with Crippen molar-refractivity contribution in [1.82, 2.24) is 20.1 Å². The molecule has 5 nitrogen and oxygen atoms in total. The molecule has 2 heterocycles. The fourth-order valence-corrected chi connectivity index (χ4v) is 1.79. The summed E-state index contributed by atoms with van der Waals surface area (Å²) >= 11 is 0. The Kier molecular flexibility index (Phi) is 4.52. The van der Waals surface area contributed by atoms with Gasteiger partial charge in [-0.05, 0) is 26.0 Å². The fourth-order valence-electron chi connectivity index (χ4n) is 1.79. The molecule has 0 atom stereocenters. The van der Waals surface area contributed by atoms with Gasteiger partial charge in [0.15, 0.2) is 0 Å². The zero-order valence-corrected chi connectivity index (χ0v) is 11.6. The van der Waals surface area contributed by atoms with Gasteiger partial charge in [-0.1, -0.05) is 6.07 Å². The Morgan fingerprint density at radius 2 is 2.11 bits per heavy atom. The number of hydrogen-bond acceptors (Lipinski definition) is 4. The maximum absolute atomic E-state index is 5.69. The lowest BCUT2D eigenvalue weighted by atomic mass is 10.2. The van der Waals surface area contributed by atoms with E-state index in [9.17, 15) is 0 Å². The normalized spacial score (nSPS) is 10.9. The molecule has 19 heavy (non-hydrogen) atoms. The van der Waals surface area contributed by atoms with Gasteiger partial charge in [-0.2, -0.15) is 5.10 Å². The minimum Gasteiger partial charge on any atom is -0.475 e. The van der Waals surface area contributed by atoms with E-state index in [0.717, 1.165) is 24.3 Å². The second kappa shape index (κ2) is 6.33. The molecule has 2 aromatic heterocycles. The van der Waals surface area contributed by atoms with Crippen LogP contribution in [0, 0.1) is 0 Å². The Bertz CT molecular complexity index is 522. The lowest BCUT2D eigenvalue weighted by molar-refractivity contribution is 0.229. The zero-order valence-electron chi connectivity index (χ0n) is 11.6. The molecule has 0 aromatic carbocycles. The predicted octanol–water partition coefficient (Wildman–Crippen LogP) is 1.89. The van der Waals surface area contributed by atoms with Crippen molar-refractivity contribution < 1.29 is 4.74 Å². The number of rotatable bonds is 6. The van der Waals surface area contributed by atoms with Crippen molar-refractivity contribution in [2.24, 2.45) is 7.05 Å². The van der Waals surface area contributed by atoms with Gasteiger partial charge in [0.1, 0.15) is 0 Å². The lowest BCUT2D eigenvalue weighted by Crippen LogP contribution is -2.17. The number of hydrogen-bond donors (Lipinski definition) is 1. The van der Waals surface area contributed by atoms with E-state index in [-0.39, 0.29) is 6.10 Å². The molecule has 1 N–H and O–H groups in total. The molecule has 0 aliphatic rings. The van der Waals surface area contributed by atoms with E-state index in [2.05, 4.69) is 15.4 Å². The molecule has 0 bridgehead atoms. The van der Waals surface area contributed by atoms with E-state index >= 15 is 0 Å². The molecule has 0 unspecified atom stereocenters. The van der Waals surface area contributed by atoms with Crippen LogP contribution in [-0.2, 0) is 20.1 Å². The summed E-state index contributed by atoms with van der Waals surface area (Å²) in [7, 11) is 1.94. The van der Waals surface area contributed by atoms with E-state index < -0.39 is 0 Å². The van der Waals surface area contributed by atoms with Crippen LogP contribution in [-0.4, -0.2) is 20.9 Å². The van der Waals surface area contributed by atoms with Gasteiger partial charge in [-0.3, -0.25) is 4.68 Å². The number of nitrogens with one attached hydrogen (secondary N) is 1. The first kappa shape index (κ1) is 13.5. The average Bonchev–Trinajstić information content (AvgIpc) is 2.77. The summed E-state index contributed by atoms with van der Waals surface area (Å²) in [6.45, 7) is 5.50. The third-order valence-electron chi connectivity index (χ3n) is 2.74. The van der Waals surface area contributed by atoms with Crippen molar-refractivity contribution in [2.75, 3.05) is 0 Å². The van der Waals surface area contributed by atoms with Crippen LogP contribution in [0.2, 0.25) is 0 Å². The first-order valence-electron chi connectivity index (χ1n) is 6.45. The van der Waals surface area contributed by atoms with E-state index in [0.29, 0.717) is 5.88 Å². The SMILES string of the molecule is CC(C)Oc1ncccc1CNCc1ccnn1C. The number of nitrogens with zero attached hydrogens (tertiary/aromatic N) is 3. The number of aromatic nitrogens is 3. The van der Waals surface area contributed by atoms with Gasteiger partial charge in [0, 0.05) is 38.1 Å². The van der Waals surface area contributed by atoms with Gasteiger partial charge >= 0.3 is 0 Å². The maximum atomic E-state index is 5.69. The Labute approximate surface area is 113 Å². The highest BCUT2D eigenvalue weighted by Gasteiger charge is 2.06. The monoisotopic (exact) mass is 260 g/mol. The van der Waals surface area contributed by atoms with Crippen molar-refractivity contribution in [3.05, 3.63) is 41.9 Å². The lowest BCUT2D eigenvalue weighted by Gasteiger charge is -2.13. The van der Waals surface area contributed by atoms with E-state index in [1.165, 1.54) is 0 Å². The van der Waals surface area contributed by atoms with Crippen LogP contribution >= 0.6 is 0 Å². The topological polar surface area (TPSA) is 52.0 Å². The molecule has 0 aliphatic carbocycles. The van der Waals surface area contributed by atoms with Gasteiger partial charge in [-0.25, -0.2) is 4.98 Å². The Hall–Kier alpha value is -1.88. The van der Waals surface area contributed by atoms with Gasteiger partial charge in [0.05, 0.1) is 11.8 Å². The molecule has 5 heteroatoms. The quantitative estimate of drug-likeness (QED) is 0.861. The van der Waals surface area contributed by atoms with Crippen LogP contribution in [0.4, 0.5) is 0 Å². The highest BCUT2D eigenvalue weighted by molar-refractivity contribution is 5.25. The highest BCUT2D eigenvalue weighted by atomic mass is 16.5. The van der Waals surface area contributed by atoms with Crippen molar-refractivity contribution in [3.8, 4) is 5.88 Å². The fraction of sp³-hybridized carbons (Fsp3) is 0.429. The predicted molar refractivity (Wildman–Crippen MR) is 73.8 cm³/mol. The van der Waals surface area contributed by atoms with Crippen LogP contribution in [0.1, 0.15) is 25.1 Å². The van der Waals surface area contributed by atoms with Crippen molar-refractivity contribution >= 4 is 0 Å². The maximum Gasteiger partial charge on any atom is 0.218 e. The molecule has 2 rings (SSSR count). The summed E-state index contributed by atoms with van der Waals surface area (Å²) in [6.07, 6.45) is 3.68. The third-order valence-corrected chi connectivity index (χ3v) is 2.74. The minimum atomic E-state index is 0.130. The van der Waals surface area contributed by atoms with Crippen LogP contribution < -0.4 is 10.1 Å². The zero-order chi connectivity index (χ0) is 13.7. The van der Waals surface area contributed by atoms with Crippen LogP contribution in [0.5, 0.6) is 5.88 Å². The molecule has 0 radical (unpaired) electrons. The van der Waals surface area contributed by atoms with E-state index in [1.807, 2.05) is 43.8 Å². The second-order valence-electron chi connectivity index (χ2n) is 4.68. The van der Waals surface area contributed by atoms with Gasteiger partial charge in [0.2, 0.25) is 5.88 Å². The molecule has 102 valence electrons. The summed E-state index contributed by atoms with van der Waals surface area (Å²) in [6, 6.07) is 5.96. The highest BCUT2D eigenvalue weighted by Crippen LogP contribution is 2.15.